The molecule has 2 aromatic rings. The largest absolute Gasteiger partial charge is 0.349 e. The van der Waals surface area contributed by atoms with Gasteiger partial charge in [-0.05, 0) is 61.3 Å². The van der Waals surface area contributed by atoms with Crippen LogP contribution in [0.1, 0.15) is 44.2 Å². The monoisotopic (exact) mass is 499 g/mol. The van der Waals surface area contributed by atoms with Gasteiger partial charge in [0.1, 0.15) is 6.04 Å². The van der Waals surface area contributed by atoms with Crippen molar-refractivity contribution in [2.75, 3.05) is 6.54 Å². The summed E-state index contributed by atoms with van der Waals surface area (Å²) in [6.07, 6.45) is 2.38. The van der Waals surface area contributed by atoms with E-state index in [2.05, 4.69) is 21.4 Å². The zero-order valence-electron chi connectivity index (χ0n) is 20.1. The first-order valence-corrected chi connectivity index (χ1v) is 13.4. The summed E-state index contributed by atoms with van der Waals surface area (Å²) in [7, 11) is -3.95. The van der Waals surface area contributed by atoms with Crippen LogP contribution in [0.2, 0.25) is 0 Å². The molecular weight excluding hydrogens is 466 g/mol. The molecule has 0 aliphatic carbocycles. The van der Waals surface area contributed by atoms with Crippen LogP contribution in [0.3, 0.4) is 0 Å². The van der Waals surface area contributed by atoms with E-state index in [0.29, 0.717) is 25.8 Å². The number of amides is 2. The minimum absolute atomic E-state index is 0.00630. The van der Waals surface area contributed by atoms with Gasteiger partial charge >= 0.3 is 0 Å². The lowest BCUT2D eigenvalue weighted by atomic mass is 9.98. The predicted octanol–water partition coefficient (Wildman–Crippen LogP) is 2.13. The molecular formula is C26H33N3O5S. The summed E-state index contributed by atoms with van der Waals surface area (Å²) >= 11 is 0. The minimum Gasteiger partial charge on any atom is -0.349 e. The van der Waals surface area contributed by atoms with Crippen molar-refractivity contribution < 1.29 is 22.8 Å². The third-order valence-electron chi connectivity index (χ3n) is 5.88. The van der Waals surface area contributed by atoms with Gasteiger partial charge in [-0.2, -0.15) is 4.72 Å². The minimum atomic E-state index is -3.95. The Morgan fingerprint density at radius 2 is 1.71 bits per heavy atom. The molecule has 2 atom stereocenters. The molecule has 2 amide bonds. The van der Waals surface area contributed by atoms with Gasteiger partial charge in [0.2, 0.25) is 21.7 Å². The predicted molar refractivity (Wildman–Crippen MR) is 133 cm³/mol. The lowest BCUT2D eigenvalue weighted by Crippen LogP contribution is -2.54. The van der Waals surface area contributed by atoms with E-state index in [-0.39, 0.29) is 23.7 Å². The standard InChI is InChI=1S/C26H33N3O5S/c1-18(2)16-23(29-35(33,34)21-11-4-3-5-12-21)25(31)28-22-13-7-10-19-8-6-9-20(17-19)14-15-27-26(32)24(22)30/h3-6,8-9,11-12,17-18,22-23,29H,7,10,13-16H2,1-2H3,(H,27,32)(H,28,31). The van der Waals surface area contributed by atoms with Gasteiger partial charge in [-0.15, -0.1) is 0 Å². The zero-order valence-corrected chi connectivity index (χ0v) is 20.9. The number of ketones is 1. The molecule has 0 aromatic heterocycles. The molecule has 2 unspecified atom stereocenters. The van der Waals surface area contributed by atoms with Crippen LogP contribution in [0.15, 0.2) is 59.5 Å². The fraction of sp³-hybridized carbons (Fsp3) is 0.423. The number of carbonyl (C=O) groups is 3. The summed E-state index contributed by atoms with van der Waals surface area (Å²) in [5.41, 5.74) is 2.21. The molecule has 188 valence electrons. The molecule has 35 heavy (non-hydrogen) atoms. The highest BCUT2D eigenvalue weighted by Crippen LogP contribution is 2.15. The first-order valence-electron chi connectivity index (χ1n) is 11.9. The Kier molecular flexibility index (Phi) is 9.17. The van der Waals surface area contributed by atoms with Crippen molar-refractivity contribution in [1.29, 1.82) is 0 Å². The molecule has 9 heteroatoms. The Bertz CT molecular complexity index is 1150. The fourth-order valence-corrected chi connectivity index (χ4v) is 5.32. The molecule has 2 aromatic carbocycles. The Morgan fingerprint density at radius 1 is 1.03 bits per heavy atom. The molecule has 0 saturated heterocycles. The second kappa shape index (κ2) is 12.1. The number of benzene rings is 2. The quantitative estimate of drug-likeness (QED) is 0.504. The van der Waals surface area contributed by atoms with Crippen LogP contribution in [0.25, 0.3) is 0 Å². The molecule has 8 nitrogen and oxygen atoms in total. The van der Waals surface area contributed by atoms with Crippen LogP contribution in [-0.4, -0.2) is 44.6 Å². The van der Waals surface area contributed by atoms with Crippen LogP contribution in [0.4, 0.5) is 0 Å². The smallest absolute Gasteiger partial charge is 0.289 e. The molecule has 3 rings (SSSR count). The number of nitrogens with one attached hydrogen (secondary N) is 3. The van der Waals surface area contributed by atoms with Gasteiger partial charge in [-0.25, -0.2) is 8.42 Å². The summed E-state index contributed by atoms with van der Waals surface area (Å²) in [5, 5.41) is 5.29. The van der Waals surface area contributed by atoms with Gasteiger partial charge in [0.15, 0.2) is 0 Å². The van der Waals surface area contributed by atoms with Crippen molar-refractivity contribution in [3.05, 3.63) is 65.7 Å². The van der Waals surface area contributed by atoms with Crippen LogP contribution >= 0.6 is 0 Å². The number of carbonyl (C=O) groups excluding carboxylic acids is 3. The topological polar surface area (TPSA) is 121 Å². The highest BCUT2D eigenvalue weighted by molar-refractivity contribution is 7.89. The van der Waals surface area contributed by atoms with Crippen LogP contribution in [0.5, 0.6) is 0 Å². The summed E-state index contributed by atoms with van der Waals surface area (Å²) in [4.78, 5) is 38.6. The van der Waals surface area contributed by atoms with Crippen molar-refractivity contribution in [3.63, 3.8) is 0 Å². The Hall–Kier alpha value is -3.04. The lowest BCUT2D eigenvalue weighted by molar-refractivity contribution is -0.140. The van der Waals surface area contributed by atoms with Crippen molar-refractivity contribution in [2.24, 2.45) is 5.92 Å². The molecule has 1 heterocycles. The normalized spacial score (nSPS) is 18.2. The Morgan fingerprint density at radius 3 is 2.40 bits per heavy atom. The maximum atomic E-state index is 13.2. The van der Waals surface area contributed by atoms with Crippen LogP contribution in [-0.2, 0) is 37.2 Å². The highest BCUT2D eigenvalue weighted by atomic mass is 32.2. The van der Waals surface area contributed by atoms with E-state index in [0.717, 1.165) is 11.1 Å². The van der Waals surface area contributed by atoms with Crippen molar-refractivity contribution >= 4 is 27.6 Å². The van der Waals surface area contributed by atoms with Crippen molar-refractivity contribution in [3.8, 4) is 0 Å². The first kappa shape index (κ1) is 26.6. The number of rotatable bonds is 7. The molecule has 2 bridgehead atoms. The molecule has 0 saturated carbocycles. The van der Waals surface area contributed by atoms with Gasteiger partial charge in [0, 0.05) is 6.54 Å². The van der Waals surface area contributed by atoms with Crippen LogP contribution < -0.4 is 15.4 Å². The number of Topliss-reactive ketones (excluding diaryl/α,β-unsaturated/α-hetero) is 1. The Balaban J connectivity index is 1.77. The summed E-state index contributed by atoms with van der Waals surface area (Å²) in [6.45, 7) is 4.06. The fourth-order valence-electron chi connectivity index (χ4n) is 4.09. The molecule has 0 radical (unpaired) electrons. The number of hydrogen-bond donors (Lipinski definition) is 3. The van der Waals surface area contributed by atoms with E-state index in [4.69, 9.17) is 0 Å². The molecule has 3 N–H and O–H groups in total. The second-order valence-electron chi connectivity index (χ2n) is 9.26. The number of sulfonamides is 1. The molecule has 0 fully saturated rings. The van der Waals surface area contributed by atoms with Gasteiger partial charge in [-0.3, -0.25) is 14.4 Å². The SMILES string of the molecule is CC(C)CC(NS(=O)(=O)c1ccccc1)C(=O)NC1CCCc2cccc(c2)CCNC(=O)C1=O. The lowest BCUT2D eigenvalue weighted by Gasteiger charge is -2.24. The second-order valence-corrected chi connectivity index (χ2v) is 11.0. The number of fused-ring (bicyclic) bond motifs is 2. The zero-order chi connectivity index (χ0) is 25.4. The van der Waals surface area contributed by atoms with Gasteiger partial charge in [0.25, 0.3) is 5.91 Å². The van der Waals surface area contributed by atoms with Gasteiger partial charge < -0.3 is 10.6 Å². The van der Waals surface area contributed by atoms with E-state index in [1.54, 1.807) is 18.2 Å². The maximum absolute atomic E-state index is 13.2. The van der Waals surface area contributed by atoms with E-state index >= 15 is 0 Å². The van der Waals surface area contributed by atoms with Crippen molar-refractivity contribution in [2.45, 2.75) is 62.9 Å². The van der Waals surface area contributed by atoms with Crippen molar-refractivity contribution in [1.82, 2.24) is 15.4 Å². The number of hydrogen-bond acceptors (Lipinski definition) is 5. The molecule has 1 aliphatic heterocycles. The average Bonchev–Trinajstić information content (AvgIpc) is 2.82. The van der Waals surface area contributed by atoms with E-state index < -0.39 is 39.7 Å². The molecule has 1 aliphatic rings. The van der Waals surface area contributed by atoms with Gasteiger partial charge in [0.05, 0.1) is 10.9 Å². The highest BCUT2D eigenvalue weighted by Gasteiger charge is 2.32. The maximum Gasteiger partial charge on any atom is 0.289 e. The summed E-state index contributed by atoms with van der Waals surface area (Å²) in [5.74, 6) is -2.10. The average molecular weight is 500 g/mol. The third-order valence-corrected chi connectivity index (χ3v) is 7.37. The Labute approximate surface area is 206 Å². The number of aryl methyl sites for hydroxylation is 1. The van der Waals surface area contributed by atoms with Gasteiger partial charge in [-0.1, -0.05) is 56.3 Å². The summed E-state index contributed by atoms with van der Waals surface area (Å²) < 4.78 is 28.2. The third kappa shape index (κ3) is 7.73. The summed E-state index contributed by atoms with van der Waals surface area (Å²) in [6, 6.07) is 13.7. The van der Waals surface area contributed by atoms with E-state index in [1.807, 2.05) is 32.0 Å². The first-order chi connectivity index (χ1) is 16.7. The van der Waals surface area contributed by atoms with E-state index in [1.165, 1.54) is 12.1 Å². The van der Waals surface area contributed by atoms with E-state index in [9.17, 15) is 22.8 Å². The van der Waals surface area contributed by atoms with Crippen LogP contribution in [0, 0.1) is 5.92 Å². The molecule has 0 spiro atoms.